The number of likely N-dealkylation sites (tertiary alicyclic amines) is 1. The molecule has 1 saturated heterocycles. The summed E-state index contributed by atoms with van der Waals surface area (Å²) in [7, 11) is -3.42. The standard InChI is InChI=1S/C18H30N2O2S.ClH/c1-14-12-15(2)18(16(3)13-14)23(21,22)19-9-7-11-20-10-6-5-8-17(20)4;/h12-13,17,19H,5-11H2,1-4H3;1H. The molecule has 2 rings (SSSR count). The second-order valence-electron chi connectivity index (χ2n) is 6.86. The van der Waals surface area contributed by atoms with Crippen molar-refractivity contribution in [1.82, 2.24) is 9.62 Å². The van der Waals surface area contributed by atoms with E-state index < -0.39 is 10.0 Å². The summed E-state index contributed by atoms with van der Waals surface area (Å²) >= 11 is 0. The summed E-state index contributed by atoms with van der Waals surface area (Å²) in [5.74, 6) is 0. The van der Waals surface area contributed by atoms with E-state index in [9.17, 15) is 8.42 Å². The van der Waals surface area contributed by atoms with Crippen molar-refractivity contribution in [1.29, 1.82) is 0 Å². The Morgan fingerprint density at radius 1 is 1.17 bits per heavy atom. The van der Waals surface area contributed by atoms with Gasteiger partial charge in [0.2, 0.25) is 10.0 Å². The zero-order valence-electron chi connectivity index (χ0n) is 15.3. The van der Waals surface area contributed by atoms with Gasteiger partial charge in [-0.15, -0.1) is 12.4 Å². The minimum absolute atomic E-state index is 0. The van der Waals surface area contributed by atoms with E-state index in [1.807, 2.05) is 32.9 Å². The lowest BCUT2D eigenvalue weighted by Gasteiger charge is -2.33. The normalized spacial score (nSPS) is 19.1. The SMILES string of the molecule is Cc1cc(C)c(S(=O)(=O)NCCCN2CCCCC2C)c(C)c1.Cl. The van der Waals surface area contributed by atoms with Crippen LogP contribution in [0.3, 0.4) is 0 Å². The number of hydrogen-bond acceptors (Lipinski definition) is 3. The number of piperidine rings is 1. The van der Waals surface area contributed by atoms with E-state index in [4.69, 9.17) is 0 Å². The van der Waals surface area contributed by atoms with Crippen LogP contribution in [-0.2, 0) is 10.0 Å². The molecule has 0 aliphatic carbocycles. The first-order valence-corrected chi connectivity index (χ1v) is 10.1. The molecule has 1 heterocycles. The van der Waals surface area contributed by atoms with E-state index in [1.165, 1.54) is 19.3 Å². The maximum atomic E-state index is 12.6. The van der Waals surface area contributed by atoms with Crippen molar-refractivity contribution in [2.45, 2.75) is 64.3 Å². The lowest BCUT2D eigenvalue weighted by molar-refractivity contribution is 0.159. The molecule has 0 saturated carbocycles. The van der Waals surface area contributed by atoms with Gasteiger partial charge in [-0.2, -0.15) is 0 Å². The average molecular weight is 375 g/mol. The first-order valence-electron chi connectivity index (χ1n) is 8.63. The summed E-state index contributed by atoms with van der Waals surface area (Å²) in [6.07, 6.45) is 4.69. The molecule has 1 N–H and O–H groups in total. The molecule has 1 aromatic carbocycles. The zero-order chi connectivity index (χ0) is 17.0. The Balaban J connectivity index is 0.00000288. The average Bonchev–Trinajstić information content (AvgIpc) is 2.43. The molecule has 1 aliphatic rings. The van der Waals surface area contributed by atoms with Gasteiger partial charge in [0.15, 0.2) is 0 Å². The topological polar surface area (TPSA) is 49.4 Å². The number of aryl methyl sites for hydroxylation is 3. The summed E-state index contributed by atoms with van der Waals surface area (Å²) in [4.78, 5) is 2.91. The molecule has 138 valence electrons. The number of halogens is 1. The Labute approximate surface area is 153 Å². The van der Waals surface area contributed by atoms with Gasteiger partial charge >= 0.3 is 0 Å². The largest absolute Gasteiger partial charge is 0.301 e. The van der Waals surface area contributed by atoms with Gasteiger partial charge in [-0.1, -0.05) is 24.1 Å². The Bertz CT molecular complexity index is 623. The van der Waals surface area contributed by atoms with Gasteiger partial charge in [0, 0.05) is 12.6 Å². The number of rotatable bonds is 6. The minimum Gasteiger partial charge on any atom is -0.301 e. The second-order valence-corrected chi connectivity index (χ2v) is 8.56. The molecule has 4 nitrogen and oxygen atoms in total. The van der Waals surface area contributed by atoms with Crippen LogP contribution in [0.25, 0.3) is 0 Å². The summed E-state index contributed by atoms with van der Waals surface area (Å²) in [6, 6.07) is 4.48. The molecule has 0 radical (unpaired) electrons. The third-order valence-corrected chi connectivity index (χ3v) is 6.49. The fraction of sp³-hybridized carbons (Fsp3) is 0.667. The maximum Gasteiger partial charge on any atom is 0.241 e. The highest BCUT2D eigenvalue weighted by molar-refractivity contribution is 7.89. The first-order chi connectivity index (χ1) is 10.8. The van der Waals surface area contributed by atoms with E-state index in [0.717, 1.165) is 36.2 Å². The van der Waals surface area contributed by atoms with Gasteiger partial charge in [-0.25, -0.2) is 13.1 Å². The van der Waals surface area contributed by atoms with E-state index in [1.54, 1.807) is 0 Å². The number of benzene rings is 1. The second kappa shape index (κ2) is 9.18. The van der Waals surface area contributed by atoms with Crippen LogP contribution in [0.15, 0.2) is 17.0 Å². The molecular weight excluding hydrogens is 344 g/mol. The molecule has 0 spiro atoms. The van der Waals surface area contributed by atoms with Crippen molar-refractivity contribution in [3.63, 3.8) is 0 Å². The molecule has 0 bridgehead atoms. The number of nitrogens with zero attached hydrogens (tertiary/aromatic N) is 1. The van der Waals surface area contributed by atoms with Crippen molar-refractivity contribution in [3.05, 3.63) is 28.8 Å². The van der Waals surface area contributed by atoms with Crippen molar-refractivity contribution in [2.24, 2.45) is 0 Å². The van der Waals surface area contributed by atoms with Crippen LogP contribution >= 0.6 is 12.4 Å². The molecule has 1 unspecified atom stereocenters. The lowest BCUT2D eigenvalue weighted by Crippen LogP contribution is -2.39. The molecular formula is C18H31ClN2O2S. The van der Waals surface area contributed by atoms with Crippen LogP contribution in [0.2, 0.25) is 0 Å². The van der Waals surface area contributed by atoms with Gasteiger partial charge in [-0.3, -0.25) is 0 Å². The van der Waals surface area contributed by atoms with Crippen molar-refractivity contribution in [2.75, 3.05) is 19.6 Å². The van der Waals surface area contributed by atoms with Crippen LogP contribution in [0.4, 0.5) is 0 Å². The van der Waals surface area contributed by atoms with E-state index >= 15 is 0 Å². The van der Waals surface area contributed by atoms with E-state index in [2.05, 4.69) is 16.5 Å². The van der Waals surface area contributed by atoms with Gasteiger partial charge < -0.3 is 4.90 Å². The van der Waals surface area contributed by atoms with Crippen molar-refractivity contribution < 1.29 is 8.42 Å². The van der Waals surface area contributed by atoms with Crippen LogP contribution in [0.5, 0.6) is 0 Å². The Hall–Kier alpha value is -0.620. The third kappa shape index (κ3) is 5.45. The fourth-order valence-corrected chi connectivity index (χ4v) is 5.16. The van der Waals surface area contributed by atoms with Gasteiger partial charge in [0.1, 0.15) is 0 Å². The molecule has 6 heteroatoms. The van der Waals surface area contributed by atoms with Crippen LogP contribution < -0.4 is 4.72 Å². The molecule has 0 amide bonds. The van der Waals surface area contributed by atoms with Crippen LogP contribution in [0, 0.1) is 20.8 Å². The number of sulfonamides is 1. The fourth-order valence-electron chi connectivity index (χ4n) is 3.64. The number of hydrogen-bond donors (Lipinski definition) is 1. The first kappa shape index (κ1) is 21.4. The van der Waals surface area contributed by atoms with Gasteiger partial charge in [-0.05, 0) is 71.2 Å². The Kier molecular flexibility index (Phi) is 8.20. The number of nitrogens with one attached hydrogen (secondary N) is 1. The molecule has 0 aromatic heterocycles. The van der Waals surface area contributed by atoms with Crippen LogP contribution in [-0.4, -0.2) is 39.0 Å². The highest BCUT2D eigenvalue weighted by atomic mass is 35.5. The monoisotopic (exact) mass is 374 g/mol. The highest BCUT2D eigenvalue weighted by Crippen LogP contribution is 2.21. The zero-order valence-corrected chi connectivity index (χ0v) is 16.9. The van der Waals surface area contributed by atoms with Crippen molar-refractivity contribution >= 4 is 22.4 Å². The molecule has 24 heavy (non-hydrogen) atoms. The molecule has 1 aromatic rings. The summed E-state index contributed by atoms with van der Waals surface area (Å²) in [6.45, 7) is 10.6. The highest BCUT2D eigenvalue weighted by Gasteiger charge is 2.20. The van der Waals surface area contributed by atoms with E-state index in [0.29, 0.717) is 17.5 Å². The predicted octanol–water partition coefficient (Wildman–Crippen LogP) is 3.58. The maximum absolute atomic E-state index is 12.6. The Morgan fingerprint density at radius 3 is 2.38 bits per heavy atom. The predicted molar refractivity (Wildman–Crippen MR) is 103 cm³/mol. The van der Waals surface area contributed by atoms with E-state index in [-0.39, 0.29) is 12.4 Å². The minimum atomic E-state index is -3.42. The summed E-state index contributed by atoms with van der Waals surface area (Å²) in [5, 5.41) is 0. The van der Waals surface area contributed by atoms with Crippen molar-refractivity contribution in [3.8, 4) is 0 Å². The summed E-state index contributed by atoms with van der Waals surface area (Å²) in [5.41, 5.74) is 2.73. The molecule has 1 atom stereocenters. The third-order valence-electron chi connectivity index (χ3n) is 4.73. The lowest BCUT2D eigenvalue weighted by atomic mass is 10.0. The quantitative estimate of drug-likeness (QED) is 0.774. The smallest absolute Gasteiger partial charge is 0.241 e. The summed E-state index contributed by atoms with van der Waals surface area (Å²) < 4.78 is 27.9. The van der Waals surface area contributed by atoms with Gasteiger partial charge in [0.25, 0.3) is 0 Å². The molecule has 1 fully saturated rings. The van der Waals surface area contributed by atoms with Gasteiger partial charge in [0.05, 0.1) is 4.90 Å². The molecule has 1 aliphatic heterocycles. The van der Waals surface area contributed by atoms with Crippen LogP contribution in [0.1, 0.15) is 49.3 Å². The Morgan fingerprint density at radius 2 is 1.79 bits per heavy atom.